The average molecular weight is 243 g/mol. The van der Waals surface area contributed by atoms with Gasteiger partial charge in [-0.15, -0.1) is 0 Å². The van der Waals surface area contributed by atoms with Gasteiger partial charge in [0.25, 0.3) is 0 Å². The first-order valence-corrected chi connectivity index (χ1v) is 6.47. The van der Waals surface area contributed by atoms with Crippen molar-refractivity contribution in [3.05, 3.63) is 28.8 Å². The van der Waals surface area contributed by atoms with E-state index < -0.39 is 10.8 Å². The molecule has 0 aliphatic carbocycles. The number of halogens is 1. The molecule has 80 valence electrons. The van der Waals surface area contributed by atoms with Crippen LogP contribution in [0.3, 0.4) is 0 Å². The van der Waals surface area contributed by atoms with Gasteiger partial charge in [0.05, 0.1) is 10.6 Å². The topological polar surface area (TPSA) is 52.9 Å². The molecule has 0 amide bonds. The molecule has 0 heterocycles. The molecule has 3 nitrogen and oxygen atoms in total. The summed E-state index contributed by atoms with van der Waals surface area (Å²) in [5.41, 5.74) is 1.30. The van der Waals surface area contributed by atoms with Crippen LogP contribution in [0.15, 0.2) is 18.2 Å². The van der Waals surface area contributed by atoms with Gasteiger partial charge in [-0.3, -0.25) is 4.21 Å². The molecular formula is C10H11ClN2OS. The third kappa shape index (κ3) is 3.90. The molecule has 0 fully saturated rings. The molecule has 1 aromatic carbocycles. The van der Waals surface area contributed by atoms with Gasteiger partial charge in [0.1, 0.15) is 6.07 Å². The van der Waals surface area contributed by atoms with Gasteiger partial charge in [0.15, 0.2) is 0 Å². The third-order valence-electron chi connectivity index (χ3n) is 1.81. The fraction of sp³-hybridized carbons (Fsp3) is 0.300. The number of nitrogens with zero attached hydrogens (tertiary/aromatic N) is 1. The summed E-state index contributed by atoms with van der Waals surface area (Å²) in [5.74, 6) is 0.595. The first-order valence-electron chi connectivity index (χ1n) is 4.37. The lowest BCUT2D eigenvalue weighted by Gasteiger charge is -2.05. The van der Waals surface area contributed by atoms with Gasteiger partial charge in [-0.25, -0.2) is 0 Å². The molecule has 0 aliphatic rings. The van der Waals surface area contributed by atoms with E-state index in [0.717, 1.165) is 5.69 Å². The number of hydrogen-bond donors (Lipinski definition) is 1. The molecule has 0 aromatic heterocycles. The smallest absolute Gasteiger partial charge is 0.101 e. The summed E-state index contributed by atoms with van der Waals surface area (Å²) >= 11 is 5.85. The molecule has 0 radical (unpaired) electrons. The molecule has 1 atom stereocenters. The minimum absolute atomic E-state index is 0.431. The first kappa shape index (κ1) is 12.0. The van der Waals surface area contributed by atoms with Crippen molar-refractivity contribution in [3.63, 3.8) is 0 Å². The van der Waals surface area contributed by atoms with Gasteiger partial charge in [0, 0.05) is 35.0 Å². The second-order valence-electron chi connectivity index (χ2n) is 3.01. The Kier molecular flexibility index (Phi) is 4.60. The van der Waals surface area contributed by atoms with Gasteiger partial charge < -0.3 is 5.32 Å². The number of rotatable bonds is 4. The van der Waals surface area contributed by atoms with Crippen LogP contribution < -0.4 is 5.32 Å². The predicted molar refractivity (Wildman–Crippen MR) is 63.6 cm³/mol. The van der Waals surface area contributed by atoms with Crippen molar-refractivity contribution in [2.75, 3.05) is 23.9 Å². The van der Waals surface area contributed by atoms with E-state index in [2.05, 4.69) is 5.32 Å². The SMILES string of the molecule is CS(=O)CCNc1ccc(C#N)c(Cl)c1. The van der Waals surface area contributed by atoms with E-state index >= 15 is 0 Å². The van der Waals surface area contributed by atoms with Crippen LogP contribution in [0.2, 0.25) is 5.02 Å². The first-order chi connectivity index (χ1) is 7.13. The molecule has 0 aliphatic heterocycles. The Hall–Kier alpha value is -1.05. The molecule has 0 spiro atoms. The van der Waals surface area contributed by atoms with Gasteiger partial charge >= 0.3 is 0 Å². The summed E-state index contributed by atoms with van der Waals surface area (Å²) in [6.45, 7) is 0.630. The fourth-order valence-corrected chi connectivity index (χ4v) is 1.67. The van der Waals surface area contributed by atoms with E-state index in [-0.39, 0.29) is 0 Å². The Bertz CT molecular complexity index is 414. The van der Waals surface area contributed by atoms with Crippen LogP contribution in [0.5, 0.6) is 0 Å². The van der Waals surface area contributed by atoms with E-state index in [0.29, 0.717) is 22.9 Å². The van der Waals surface area contributed by atoms with Gasteiger partial charge in [-0.2, -0.15) is 5.26 Å². The Morgan fingerprint density at radius 2 is 2.33 bits per heavy atom. The standard InChI is InChI=1S/C10H11ClN2OS/c1-15(14)5-4-13-9-3-2-8(7-12)10(11)6-9/h2-3,6,13H,4-5H2,1H3. The molecular weight excluding hydrogens is 232 g/mol. The van der Waals surface area contributed by atoms with Crippen LogP contribution >= 0.6 is 11.6 Å². The highest BCUT2D eigenvalue weighted by Gasteiger charge is 2.00. The summed E-state index contributed by atoms with van der Waals surface area (Å²) in [6.07, 6.45) is 1.66. The Morgan fingerprint density at radius 3 is 2.87 bits per heavy atom. The lowest BCUT2D eigenvalue weighted by Crippen LogP contribution is -2.09. The maximum atomic E-state index is 10.8. The van der Waals surface area contributed by atoms with E-state index in [1.165, 1.54) is 0 Å². The van der Waals surface area contributed by atoms with Crippen LogP contribution in [0.1, 0.15) is 5.56 Å². The zero-order valence-corrected chi connectivity index (χ0v) is 9.86. The monoisotopic (exact) mass is 242 g/mol. The van der Waals surface area contributed by atoms with Crippen LogP contribution in [0, 0.1) is 11.3 Å². The lowest BCUT2D eigenvalue weighted by molar-refractivity contribution is 0.687. The highest BCUT2D eigenvalue weighted by Crippen LogP contribution is 2.19. The number of anilines is 1. The molecule has 1 N–H and O–H groups in total. The van der Waals surface area contributed by atoms with Gasteiger partial charge in [-0.1, -0.05) is 11.6 Å². The highest BCUT2D eigenvalue weighted by molar-refractivity contribution is 7.84. The van der Waals surface area contributed by atoms with E-state index in [1.54, 1.807) is 24.5 Å². The maximum absolute atomic E-state index is 10.8. The van der Waals surface area contributed by atoms with Gasteiger partial charge in [0.2, 0.25) is 0 Å². The molecule has 1 unspecified atom stereocenters. The Morgan fingerprint density at radius 1 is 1.60 bits per heavy atom. The molecule has 0 saturated heterocycles. The molecule has 15 heavy (non-hydrogen) atoms. The largest absolute Gasteiger partial charge is 0.384 e. The van der Waals surface area contributed by atoms with Crippen LogP contribution in [-0.2, 0) is 10.8 Å². The number of nitrogens with one attached hydrogen (secondary N) is 1. The van der Waals surface area contributed by atoms with Crippen molar-refractivity contribution in [2.24, 2.45) is 0 Å². The van der Waals surface area contributed by atoms with E-state index in [1.807, 2.05) is 6.07 Å². The minimum atomic E-state index is -0.798. The van der Waals surface area contributed by atoms with Gasteiger partial charge in [-0.05, 0) is 18.2 Å². The molecule has 1 rings (SSSR count). The van der Waals surface area contributed by atoms with Crippen molar-refractivity contribution in [2.45, 2.75) is 0 Å². The molecule has 5 heteroatoms. The van der Waals surface area contributed by atoms with E-state index in [4.69, 9.17) is 16.9 Å². The molecule has 0 saturated carbocycles. The summed E-state index contributed by atoms with van der Waals surface area (Å²) in [5, 5.41) is 12.2. The Balaban J connectivity index is 2.60. The molecule has 1 aromatic rings. The van der Waals surface area contributed by atoms with Crippen LogP contribution in [-0.4, -0.2) is 22.8 Å². The summed E-state index contributed by atoms with van der Waals surface area (Å²) < 4.78 is 10.8. The van der Waals surface area contributed by atoms with Crippen LogP contribution in [0.25, 0.3) is 0 Å². The number of benzene rings is 1. The summed E-state index contributed by atoms with van der Waals surface area (Å²) in [4.78, 5) is 0. The van der Waals surface area contributed by atoms with Crippen molar-refractivity contribution in [3.8, 4) is 6.07 Å². The van der Waals surface area contributed by atoms with Crippen molar-refractivity contribution < 1.29 is 4.21 Å². The van der Waals surface area contributed by atoms with Crippen LogP contribution in [0.4, 0.5) is 5.69 Å². The highest BCUT2D eigenvalue weighted by atomic mass is 35.5. The normalized spacial score (nSPS) is 11.8. The maximum Gasteiger partial charge on any atom is 0.101 e. The quantitative estimate of drug-likeness (QED) is 0.879. The van der Waals surface area contributed by atoms with Crippen molar-refractivity contribution in [1.82, 2.24) is 0 Å². The van der Waals surface area contributed by atoms with Crippen molar-refractivity contribution in [1.29, 1.82) is 5.26 Å². The zero-order valence-electron chi connectivity index (χ0n) is 8.29. The average Bonchev–Trinajstić information content (AvgIpc) is 2.17. The lowest BCUT2D eigenvalue weighted by atomic mass is 10.2. The summed E-state index contributed by atoms with van der Waals surface area (Å²) in [7, 11) is -0.798. The third-order valence-corrected chi connectivity index (χ3v) is 2.90. The fourth-order valence-electron chi connectivity index (χ4n) is 1.05. The van der Waals surface area contributed by atoms with E-state index in [9.17, 15) is 4.21 Å². The minimum Gasteiger partial charge on any atom is -0.384 e. The zero-order chi connectivity index (χ0) is 11.3. The summed E-state index contributed by atoms with van der Waals surface area (Å²) in [6, 6.07) is 7.12. The second-order valence-corrected chi connectivity index (χ2v) is 4.97. The van der Waals surface area contributed by atoms with Crippen molar-refractivity contribution >= 4 is 28.1 Å². The second kappa shape index (κ2) is 5.74. The Labute approximate surface area is 96.5 Å². The predicted octanol–water partition coefficient (Wildman–Crippen LogP) is 2.00. The number of hydrogen-bond acceptors (Lipinski definition) is 3. The molecule has 0 bridgehead atoms. The number of nitriles is 1.